The summed E-state index contributed by atoms with van der Waals surface area (Å²) < 4.78 is 7.17. The second kappa shape index (κ2) is 9.90. The Balaban J connectivity index is 1.43. The molecule has 6 heteroatoms. The Morgan fingerprint density at radius 2 is 1.86 bits per heavy atom. The van der Waals surface area contributed by atoms with Gasteiger partial charge in [-0.05, 0) is 44.5 Å². The molecule has 0 radical (unpaired) electrons. The molecule has 0 aliphatic carbocycles. The van der Waals surface area contributed by atoms with Crippen LogP contribution in [0.25, 0.3) is 11.1 Å². The van der Waals surface area contributed by atoms with E-state index < -0.39 is 0 Å². The molecule has 0 fully saturated rings. The van der Waals surface area contributed by atoms with Gasteiger partial charge in [0.1, 0.15) is 0 Å². The summed E-state index contributed by atoms with van der Waals surface area (Å²) in [6, 6.07) is 10.8. The van der Waals surface area contributed by atoms with Crippen LogP contribution in [0, 0.1) is 6.92 Å². The first-order valence-electron chi connectivity index (χ1n) is 9.69. The van der Waals surface area contributed by atoms with Crippen LogP contribution in [-0.4, -0.2) is 41.5 Å². The van der Waals surface area contributed by atoms with E-state index in [1.165, 1.54) is 11.1 Å². The third-order valence-electron chi connectivity index (χ3n) is 4.64. The standard InChI is InChI=1S/C22H29N5O/c1-17-5-7-18(8-6-17)9-12-23-10-4-11-24-21-13-19(14-25-22(21)28-3)20-15-26-27(2)16-20/h5-8,13-16,23-24H,4,9-12H2,1-3H3. The average Bonchev–Trinajstić information content (AvgIpc) is 3.15. The van der Waals surface area contributed by atoms with Crippen LogP contribution in [0.2, 0.25) is 0 Å². The first-order chi connectivity index (χ1) is 13.7. The fourth-order valence-electron chi connectivity index (χ4n) is 3.02. The minimum Gasteiger partial charge on any atom is -0.480 e. The molecule has 0 aliphatic rings. The number of methoxy groups -OCH3 is 1. The number of aryl methyl sites for hydroxylation is 2. The number of benzene rings is 1. The Hall–Kier alpha value is -2.86. The van der Waals surface area contributed by atoms with Crippen molar-refractivity contribution < 1.29 is 4.74 Å². The van der Waals surface area contributed by atoms with Crippen molar-refractivity contribution in [1.29, 1.82) is 0 Å². The zero-order chi connectivity index (χ0) is 19.8. The molecule has 1 aromatic carbocycles. The Labute approximate surface area is 167 Å². The molecule has 0 bridgehead atoms. The summed E-state index contributed by atoms with van der Waals surface area (Å²) >= 11 is 0. The number of rotatable bonds is 10. The van der Waals surface area contributed by atoms with Gasteiger partial charge >= 0.3 is 0 Å². The highest BCUT2D eigenvalue weighted by Gasteiger charge is 2.08. The van der Waals surface area contributed by atoms with E-state index in [2.05, 4.69) is 58.0 Å². The van der Waals surface area contributed by atoms with Crippen LogP contribution in [0.15, 0.2) is 48.9 Å². The highest BCUT2D eigenvalue weighted by molar-refractivity contribution is 5.68. The van der Waals surface area contributed by atoms with Gasteiger partial charge in [0.15, 0.2) is 0 Å². The van der Waals surface area contributed by atoms with Crippen molar-refractivity contribution >= 4 is 5.69 Å². The molecular weight excluding hydrogens is 350 g/mol. The number of nitrogens with one attached hydrogen (secondary N) is 2. The number of aromatic nitrogens is 3. The van der Waals surface area contributed by atoms with Crippen LogP contribution < -0.4 is 15.4 Å². The maximum absolute atomic E-state index is 5.38. The quantitative estimate of drug-likeness (QED) is 0.529. The normalized spacial score (nSPS) is 10.8. The van der Waals surface area contributed by atoms with Gasteiger partial charge in [0.05, 0.1) is 19.0 Å². The number of anilines is 1. The van der Waals surface area contributed by atoms with Crippen molar-refractivity contribution in [2.75, 3.05) is 32.1 Å². The zero-order valence-corrected chi connectivity index (χ0v) is 16.9. The summed E-state index contributed by atoms with van der Waals surface area (Å²) in [6.45, 7) is 4.93. The Kier molecular flexibility index (Phi) is 7.03. The summed E-state index contributed by atoms with van der Waals surface area (Å²) in [5.74, 6) is 0.611. The van der Waals surface area contributed by atoms with Crippen LogP contribution in [-0.2, 0) is 13.5 Å². The van der Waals surface area contributed by atoms with Crippen molar-refractivity contribution in [3.8, 4) is 17.0 Å². The van der Waals surface area contributed by atoms with Crippen LogP contribution in [0.4, 0.5) is 5.69 Å². The zero-order valence-electron chi connectivity index (χ0n) is 16.9. The molecule has 0 saturated heterocycles. The largest absolute Gasteiger partial charge is 0.480 e. The summed E-state index contributed by atoms with van der Waals surface area (Å²) in [7, 11) is 3.55. The smallest absolute Gasteiger partial charge is 0.237 e. The highest BCUT2D eigenvalue weighted by Crippen LogP contribution is 2.27. The lowest BCUT2D eigenvalue weighted by molar-refractivity contribution is 0.400. The summed E-state index contributed by atoms with van der Waals surface area (Å²) in [6.07, 6.45) is 7.71. The van der Waals surface area contributed by atoms with Gasteiger partial charge in [-0.3, -0.25) is 4.68 Å². The molecule has 0 amide bonds. The molecule has 2 heterocycles. The monoisotopic (exact) mass is 379 g/mol. The number of hydrogen-bond donors (Lipinski definition) is 2. The second-order valence-corrected chi connectivity index (χ2v) is 6.95. The lowest BCUT2D eigenvalue weighted by atomic mass is 10.1. The SMILES string of the molecule is COc1ncc(-c2cnn(C)c2)cc1NCCCNCCc1ccc(C)cc1. The van der Waals surface area contributed by atoms with Crippen LogP contribution in [0.5, 0.6) is 5.88 Å². The summed E-state index contributed by atoms with van der Waals surface area (Å²) in [5, 5.41) is 11.2. The molecule has 0 atom stereocenters. The van der Waals surface area contributed by atoms with E-state index in [1.54, 1.807) is 11.8 Å². The molecule has 0 aliphatic heterocycles. The van der Waals surface area contributed by atoms with Gasteiger partial charge in [-0.1, -0.05) is 29.8 Å². The van der Waals surface area contributed by atoms with E-state index in [4.69, 9.17) is 4.74 Å². The lowest BCUT2D eigenvalue weighted by Gasteiger charge is -2.12. The molecule has 148 valence electrons. The molecule has 2 N–H and O–H groups in total. The fraction of sp³-hybridized carbons (Fsp3) is 0.364. The van der Waals surface area contributed by atoms with Gasteiger partial charge in [0.25, 0.3) is 0 Å². The first-order valence-corrected chi connectivity index (χ1v) is 9.69. The van der Waals surface area contributed by atoms with Gasteiger partial charge in [0.2, 0.25) is 5.88 Å². The van der Waals surface area contributed by atoms with Crippen LogP contribution in [0.1, 0.15) is 17.5 Å². The third-order valence-corrected chi connectivity index (χ3v) is 4.64. The maximum Gasteiger partial charge on any atom is 0.237 e. The van der Waals surface area contributed by atoms with Crippen molar-refractivity contribution in [3.63, 3.8) is 0 Å². The molecule has 0 spiro atoms. The molecule has 28 heavy (non-hydrogen) atoms. The molecule has 0 unspecified atom stereocenters. The second-order valence-electron chi connectivity index (χ2n) is 6.95. The van der Waals surface area contributed by atoms with Crippen molar-refractivity contribution in [2.24, 2.45) is 7.05 Å². The minimum atomic E-state index is 0.611. The van der Waals surface area contributed by atoms with Gasteiger partial charge in [0, 0.05) is 37.1 Å². The van der Waals surface area contributed by atoms with Gasteiger partial charge < -0.3 is 15.4 Å². The Morgan fingerprint density at radius 1 is 1.04 bits per heavy atom. The topological polar surface area (TPSA) is 64.0 Å². The van der Waals surface area contributed by atoms with E-state index in [1.807, 2.05) is 25.6 Å². The van der Waals surface area contributed by atoms with Crippen LogP contribution in [0.3, 0.4) is 0 Å². The van der Waals surface area contributed by atoms with Crippen molar-refractivity contribution in [3.05, 3.63) is 60.0 Å². The number of hydrogen-bond acceptors (Lipinski definition) is 5. The highest BCUT2D eigenvalue weighted by atomic mass is 16.5. The average molecular weight is 380 g/mol. The van der Waals surface area contributed by atoms with E-state index in [9.17, 15) is 0 Å². The Bertz CT molecular complexity index is 873. The fourth-order valence-corrected chi connectivity index (χ4v) is 3.02. The molecular formula is C22H29N5O. The van der Waals surface area contributed by atoms with Crippen molar-refractivity contribution in [1.82, 2.24) is 20.1 Å². The predicted octanol–water partition coefficient (Wildman–Crippen LogP) is 3.43. The molecule has 2 aromatic heterocycles. The van der Waals surface area contributed by atoms with E-state index in [0.29, 0.717) is 5.88 Å². The van der Waals surface area contributed by atoms with Gasteiger partial charge in [-0.25, -0.2) is 4.98 Å². The number of ether oxygens (including phenoxy) is 1. The Morgan fingerprint density at radius 3 is 2.57 bits per heavy atom. The van der Waals surface area contributed by atoms with Crippen molar-refractivity contribution in [2.45, 2.75) is 19.8 Å². The van der Waals surface area contributed by atoms with Gasteiger partial charge in [-0.15, -0.1) is 0 Å². The molecule has 3 aromatic rings. The van der Waals surface area contributed by atoms with E-state index in [0.717, 1.165) is 49.3 Å². The predicted molar refractivity (Wildman–Crippen MR) is 114 cm³/mol. The van der Waals surface area contributed by atoms with E-state index in [-0.39, 0.29) is 0 Å². The summed E-state index contributed by atoms with van der Waals surface area (Å²) in [5.41, 5.74) is 5.65. The van der Waals surface area contributed by atoms with Crippen LogP contribution >= 0.6 is 0 Å². The minimum absolute atomic E-state index is 0.611. The first kappa shape index (κ1) is 19.9. The lowest BCUT2D eigenvalue weighted by Crippen LogP contribution is -2.20. The molecule has 3 rings (SSSR count). The number of nitrogens with zero attached hydrogens (tertiary/aromatic N) is 3. The van der Waals surface area contributed by atoms with E-state index >= 15 is 0 Å². The maximum atomic E-state index is 5.38. The number of pyridine rings is 1. The molecule has 0 saturated carbocycles. The summed E-state index contributed by atoms with van der Waals surface area (Å²) in [4.78, 5) is 4.41. The van der Waals surface area contributed by atoms with Gasteiger partial charge in [-0.2, -0.15) is 5.10 Å². The third kappa shape index (κ3) is 5.57. The molecule has 6 nitrogen and oxygen atoms in total.